The maximum absolute atomic E-state index is 4.32. The Bertz CT molecular complexity index is 691. The third kappa shape index (κ3) is 3.09. The summed E-state index contributed by atoms with van der Waals surface area (Å²) < 4.78 is 0. The summed E-state index contributed by atoms with van der Waals surface area (Å²) >= 11 is 0. The largest absolute Gasteiger partial charge is 0.311 e. The Labute approximate surface area is 122 Å². The van der Waals surface area contributed by atoms with Crippen molar-refractivity contribution < 1.29 is 0 Å². The molecule has 0 unspecified atom stereocenters. The van der Waals surface area contributed by atoms with E-state index in [1.165, 1.54) is 4.80 Å². The fourth-order valence-corrected chi connectivity index (χ4v) is 1.81. The van der Waals surface area contributed by atoms with Gasteiger partial charge in [-0.2, -0.15) is 0 Å². The van der Waals surface area contributed by atoms with Gasteiger partial charge in [0.2, 0.25) is 5.82 Å². The first-order valence-corrected chi connectivity index (χ1v) is 6.74. The van der Waals surface area contributed by atoms with Crippen LogP contribution in [0, 0.1) is 0 Å². The molecule has 21 heavy (non-hydrogen) atoms. The number of hydrogen-bond acceptors (Lipinski definition) is 6. The van der Waals surface area contributed by atoms with E-state index >= 15 is 0 Å². The molecule has 0 saturated carbocycles. The average Bonchev–Trinajstić information content (AvgIpc) is 3.04. The zero-order valence-electron chi connectivity index (χ0n) is 11.6. The summed E-state index contributed by atoms with van der Waals surface area (Å²) in [4.78, 5) is 10.0. The highest BCUT2D eigenvalue weighted by molar-refractivity contribution is 5.53. The van der Waals surface area contributed by atoms with Crippen LogP contribution in [0.4, 0.5) is 0 Å². The number of aromatic nitrogens is 6. The van der Waals surface area contributed by atoms with Gasteiger partial charge in [0.15, 0.2) is 5.82 Å². The molecule has 1 aromatic carbocycles. The van der Waals surface area contributed by atoms with Crippen molar-refractivity contribution in [2.24, 2.45) is 0 Å². The molecular formula is C14H15N7. The highest BCUT2D eigenvalue weighted by atomic mass is 15.6. The number of nitrogens with one attached hydrogen (secondary N) is 1. The molecule has 0 bridgehead atoms. The molecule has 0 radical (unpaired) electrons. The zero-order chi connectivity index (χ0) is 14.5. The van der Waals surface area contributed by atoms with Crippen molar-refractivity contribution in [2.75, 3.05) is 6.54 Å². The minimum Gasteiger partial charge on any atom is -0.311 e. The zero-order valence-corrected chi connectivity index (χ0v) is 11.6. The van der Waals surface area contributed by atoms with E-state index < -0.39 is 0 Å². The Kier molecular flexibility index (Phi) is 3.92. The van der Waals surface area contributed by atoms with Crippen LogP contribution in [0.15, 0.2) is 42.7 Å². The van der Waals surface area contributed by atoms with E-state index in [9.17, 15) is 0 Å². The average molecular weight is 281 g/mol. The molecule has 0 fully saturated rings. The van der Waals surface area contributed by atoms with Gasteiger partial charge in [-0.1, -0.05) is 37.3 Å². The lowest BCUT2D eigenvalue weighted by molar-refractivity contribution is 0.679. The summed E-state index contributed by atoms with van der Waals surface area (Å²) in [7, 11) is 0. The maximum Gasteiger partial charge on any atom is 0.205 e. The minimum absolute atomic E-state index is 0.546. The molecule has 0 aliphatic heterocycles. The number of rotatable bonds is 5. The number of benzene rings is 1. The lowest BCUT2D eigenvalue weighted by Gasteiger charge is -2.01. The van der Waals surface area contributed by atoms with Crippen molar-refractivity contribution in [3.8, 4) is 17.2 Å². The molecule has 1 N–H and O–H groups in total. The van der Waals surface area contributed by atoms with E-state index in [1.807, 2.05) is 37.3 Å². The SMILES string of the molecule is CCNCc1cnc(-n2nnc(-c3ccccc3)n2)cn1. The van der Waals surface area contributed by atoms with E-state index in [0.29, 0.717) is 18.2 Å². The predicted molar refractivity (Wildman–Crippen MR) is 77.6 cm³/mol. The van der Waals surface area contributed by atoms with Gasteiger partial charge < -0.3 is 5.32 Å². The molecule has 0 aliphatic rings. The van der Waals surface area contributed by atoms with Crippen LogP contribution in [-0.2, 0) is 6.54 Å². The molecule has 0 spiro atoms. The Morgan fingerprint density at radius 2 is 1.95 bits per heavy atom. The molecule has 3 rings (SSSR count). The summed E-state index contributed by atoms with van der Waals surface area (Å²) in [5.41, 5.74) is 1.80. The van der Waals surface area contributed by atoms with Crippen LogP contribution in [0.1, 0.15) is 12.6 Å². The maximum atomic E-state index is 4.32. The fraction of sp³-hybridized carbons (Fsp3) is 0.214. The van der Waals surface area contributed by atoms with Crippen LogP contribution in [0.2, 0.25) is 0 Å². The second-order valence-electron chi connectivity index (χ2n) is 4.41. The van der Waals surface area contributed by atoms with Gasteiger partial charge in [-0.25, -0.2) is 4.98 Å². The highest BCUT2D eigenvalue weighted by Gasteiger charge is 2.08. The molecule has 106 valence electrons. The number of hydrogen-bond donors (Lipinski definition) is 1. The second kappa shape index (κ2) is 6.19. The molecular weight excluding hydrogens is 266 g/mol. The predicted octanol–water partition coefficient (Wildman–Crippen LogP) is 1.23. The smallest absolute Gasteiger partial charge is 0.205 e. The molecule has 7 heteroatoms. The quantitative estimate of drug-likeness (QED) is 0.757. The molecule has 0 aliphatic carbocycles. The molecule has 0 amide bonds. The van der Waals surface area contributed by atoms with E-state index in [0.717, 1.165) is 17.8 Å². The summed E-state index contributed by atoms with van der Waals surface area (Å²) in [5.74, 6) is 1.11. The minimum atomic E-state index is 0.546. The van der Waals surface area contributed by atoms with Gasteiger partial charge in [0.1, 0.15) is 0 Å². The normalized spacial score (nSPS) is 10.7. The standard InChI is InChI=1S/C14H15N7/c1-2-15-8-12-9-17-13(10-16-12)21-19-14(18-20-21)11-6-4-3-5-7-11/h3-7,9-10,15H,2,8H2,1H3. The van der Waals surface area contributed by atoms with Gasteiger partial charge in [-0.3, -0.25) is 4.98 Å². The van der Waals surface area contributed by atoms with Crippen molar-refractivity contribution in [2.45, 2.75) is 13.5 Å². The molecule has 2 heterocycles. The Morgan fingerprint density at radius 3 is 2.67 bits per heavy atom. The lowest BCUT2D eigenvalue weighted by Crippen LogP contribution is -2.13. The van der Waals surface area contributed by atoms with Crippen molar-refractivity contribution in [3.63, 3.8) is 0 Å². The number of nitrogens with zero attached hydrogens (tertiary/aromatic N) is 6. The van der Waals surface area contributed by atoms with Crippen molar-refractivity contribution in [3.05, 3.63) is 48.4 Å². The van der Waals surface area contributed by atoms with Crippen molar-refractivity contribution in [1.82, 2.24) is 35.5 Å². The summed E-state index contributed by atoms with van der Waals surface area (Å²) in [6, 6.07) is 9.69. The lowest BCUT2D eigenvalue weighted by atomic mass is 10.2. The summed E-state index contributed by atoms with van der Waals surface area (Å²) in [6.45, 7) is 3.64. The van der Waals surface area contributed by atoms with Gasteiger partial charge in [0, 0.05) is 12.1 Å². The molecule has 2 aromatic heterocycles. The van der Waals surface area contributed by atoms with Crippen molar-refractivity contribution >= 4 is 0 Å². The molecule has 3 aromatic rings. The third-order valence-corrected chi connectivity index (χ3v) is 2.90. The van der Waals surface area contributed by atoms with Gasteiger partial charge in [-0.05, 0) is 11.8 Å². The Morgan fingerprint density at radius 1 is 1.10 bits per heavy atom. The van der Waals surface area contributed by atoms with Crippen LogP contribution >= 0.6 is 0 Å². The Hall–Kier alpha value is -2.67. The second-order valence-corrected chi connectivity index (χ2v) is 4.41. The van der Waals surface area contributed by atoms with Crippen LogP contribution in [0.3, 0.4) is 0 Å². The van der Waals surface area contributed by atoms with Crippen LogP contribution in [-0.4, -0.2) is 36.7 Å². The fourth-order valence-electron chi connectivity index (χ4n) is 1.81. The summed E-state index contributed by atoms with van der Waals surface area (Å²) in [6.07, 6.45) is 3.35. The first-order valence-electron chi connectivity index (χ1n) is 6.74. The van der Waals surface area contributed by atoms with Gasteiger partial charge in [-0.15, -0.1) is 15.0 Å². The summed E-state index contributed by atoms with van der Waals surface area (Å²) in [5, 5.41) is 15.6. The Balaban J connectivity index is 1.80. The van der Waals surface area contributed by atoms with E-state index in [2.05, 4.69) is 30.7 Å². The van der Waals surface area contributed by atoms with Gasteiger partial charge >= 0.3 is 0 Å². The van der Waals surface area contributed by atoms with E-state index in [4.69, 9.17) is 0 Å². The topological polar surface area (TPSA) is 81.4 Å². The van der Waals surface area contributed by atoms with Crippen LogP contribution < -0.4 is 5.32 Å². The molecule has 0 saturated heterocycles. The van der Waals surface area contributed by atoms with E-state index in [-0.39, 0.29) is 0 Å². The highest BCUT2D eigenvalue weighted by Crippen LogP contribution is 2.12. The van der Waals surface area contributed by atoms with Gasteiger partial charge in [0.25, 0.3) is 0 Å². The monoisotopic (exact) mass is 281 g/mol. The van der Waals surface area contributed by atoms with Crippen molar-refractivity contribution in [1.29, 1.82) is 0 Å². The number of tetrazole rings is 1. The van der Waals surface area contributed by atoms with Crippen LogP contribution in [0.25, 0.3) is 17.2 Å². The third-order valence-electron chi connectivity index (χ3n) is 2.90. The first-order chi connectivity index (χ1) is 10.4. The molecule has 7 nitrogen and oxygen atoms in total. The first kappa shape index (κ1) is 13.3. The van der Waals surface area contributed by atoms with Crippen LogP contribution in [0.5, 0.6) is 0 Å². The van der Waals surface area contributed by atoms with Gasteiger partial charge in [0.05, 0.1) is 18.1 Å². The molecule has 0 atom stereocenters. The van der Waals surface area contributed by atoms with E-state index in [1.54, 1.807) is 12.4 Å².